The molecule has 2 aromatic heterocycles. The maximum atomic E-state index is 4.53. The number of H-pyrrole nitrogens is 2. The lowest BCUT2D eigenvalue weighted by molar-refractivity contribution is -0.492. The molecular formula is C32H35N4+. The Hall–Kier alpha value is -3.92. The Bertz CT molecular complexity index is 1520. The first-order valence-electron chi connectivity index (χ1n) is 13.0. The van der Waals surface area contributed by atoms with Crippen LogP contribution in [0.25, 0.3) is 32.8 Å². The van der Waals surface area contributed by atoms with Crippen LogP contribution in [0.15, 0.2) is 83.9 Å². The second kappa shape index (κ2) is 11.2. The van der Waals surface area contributed by atoms with Gasteiger partial charge in [0.25, 0.3) is 0 Å². The number of aromatic amines is 2. The summed E-state index contributed by atoms with van der Waals surface area (Å²) in [6, 6.07) is 28.2. The number of nitrogens with zero attached hydrogens (tertiary/aromatic N) is 2. The van der Waals surface area contributed by atoms with Crippen LogP contribution < -0.4 is 0 Å². The fraction of sp³-hybridized carbons (Fsp3) is 0.250. The minimum Gasteiger partial charge on any atom is -0.358 e. The number of hydrogen-bond acceptors (Lipinski definition) is 1. The van der Waals surface area contributed by atoms with Gasteiger partial charge in [-0.15, -0.1) is 0 Å². The first-order valence-corrected chi connectivity index (χ1v) is 13.0. The van der Waals surface area contributed by atoms with Crippen LogP contribution >= 0.6 is 0 Å². The molecule has 0 radical (unpaired) electrons. The van der Waals surface area contributed by atoms with Crippen molar-refractivity contribution in [3.63, 3.8) is 0 Å². The third-order valence-corrected chi connectivity index (χ3v) is 6.76. The van der Waals surface area contributed by atoms with Crippen LogP contribution in [0.2, 0.25) is 0 Å². The van der Waals surface area contributed by atoms with Gasteiger partial charge in [-0.3, -0.25) is 4.99 Å². The van der Waals surface area contributed by atoms with Crippen molar-refractivity contribution in [1.29, 1.82) is 0 Å². The van der Waals surface area contributed by atoms with Gasteiger partial charge in [-0.2, -0.15) is 0 Å². The van der Waals surface area contributed by atoms with E-state index in [1.165, 1.54) is 52.1 Å². The van der Waals surface area contributed by atoms with Crippen molar-refractivity contribution in [2.75, 3.05) is 20.1 Å². The molecule has 0 unspecified atom stereocenters. The summed E-state index contributed by atoms with van der Waals surface area (Å²) in [6.45, 7) is 4.01. The number of aromatic nitrogens is 2. The molecule has 5 aromatic rings. The molecule has 2 N–H and O–H groups in total. The van der Waals surface area contributed by atoms with Crippen molar-refractivity contribution in [3.05, 3.63) is 95.9 Å². The number of fused-ring (bicyclic) bond motifs is 3. The second-order valence-electron chi connectivity index (χ2n) is 9.67. The summed E-state index contributed by atoms with van der Waals surface area (Å²) in [7, 11) is 2.16. The van der Waals surface area contributed by atoms with Crippen molar-refractivity contribution < 1.29 is 4.58 Å². The van der Waals surface area contributed by atoms with Gasteiger partial charge in [0.2, 0.25) is 0 Å². The van der Waals surface area contributed by atoms with Crippen molar-refractivity contribution in [2.45, 2.75) is 32.6 Å². The van der Waals surface area contributed by atoms with Crippen LogP contribution in [0, 0.1) is 6.92 Å². The lowest BCUT2D eigenvalue weighted by Gasteiger charge is -2.09. The minimum absolute atomic E-state index is 0.898. The third kappa shape index (κ3) is 5.65. The molecule has 5 rings (SSSR count). The Morgan fingerprint density at radius 1 is 0.750 bits per heavy atom. The molecule has 0 spiro atoms. The second-order valence-corrected chi connectivity index (χ2v) is 9.67. The van der Waals surface area contributed by atoms with Gasteiger partial charge in [0, 0.05) is 36.1 Å². The highest BCUT2D eigenvalue weighted by Gasteiger charge is 2.10. The van der Waals surface area contributed by atoms with Gasteiger partial charge in [-0.05, 0) is 71.6 Å². The standard InChI is InChI=1S/C32H34N4/c1-24-15-16-26(34-24)22-33-19-9-3-4-10-20-36(2)23-27-17-18-32(35-27)31-21-25-11-5-6-12-28(25)29-13-7-8-14-30(29)31/h5-8,11-18,21-23H,3-4,9-10,19-20H2,1-2H3,(H,33,34)/p+1. The molecule has 0 aliphatic carbocycles. The van der Waals surface area contributed by atoms with E-state index in [-0.39, 0.29) is 0 Å². The molecule has 3 aromatic carbocycles. The monoisotopic (exact) mass is 475 g/mol. The van der Waals surface area contributed by atoms with E-state index in [4.69, 9.17) is 0 Å². The summed E-state index contributed by atoms with van der Waals surface area (Å²) in [5.74, 6) is 0. The van der Waals surface area contributed by atoms with E-state index < -0.39 is 0 Å². The van der Waals surface area contributed by atoms with Crippen LogP contribution in [-0.2, 0) is 0 Å². The highest BCUT2D eigenvalue weighted by atomic mass is 15.0. The number of benzene rings is 3. The Balaban J connectivity index is 1.16. The summed E-state index contributed by atoms with van der Waals surface area (Å²) in [5, 5.41) is 5.16. The number of unbranched alkanes of at least 4 members (excludes halogenated alkanes) is 3. The van der Waals surface area contributed by atoms with E-state index in [9.17, 15) is 0 Å². The average molecular weight is 476 g/mol. The largest absolute Gasteiger partial charge is 0.358 e. The summed E-state index contributed by atoms with van der Waals surface area (Å²) >= 11 is 0. The molecule has 4 heteroatoms. The molecular weight excluding hydrogens is 440 g/mol. The molecule has 0 saturated heterocycles. The summed E-state index contributed by atoms with van der Waals surface area (Å²) in [4.78, 5) is 11.5. The fourth-order valence-corrected chi connectivity index (χ4v) is 4.91. The smallest absolute Gasteiger partial charge is 0.186 e. The van der Waals surface area contributed by atoms with Crippen molar-refractivity contribution in [1.82, 2.24) is 9.97 Å². The number of aryl methyl sites for hydroxylation is 1. The molecule has 0 aliphatic heterocycles. The number of aliphatic imine (C=N–C) groups is 1. The molecule has 36 heavy (non-hydrogen) atoms. The Morgan fingerprint density at radius 3 is 2.33 bits per heavy atom. The van der Waals surface area contributed by atoms with E-state index >= 15 is 0 Å². The molecule has 0 saturated carbocycles. The van der Waals surface area contributed by atoms with Crippen molar-refractivity contribution >= 4 is 34.0 Å². The van der Waals surface area contributed by atoms with Gasteiger partial charge in [-0.25, -0.2) is 4.58 Å². The highest BCUT2D eigenvalue weighted by Crippen LogP contribution is 2.34. The topological polar surface area (TPSA) is 46.9 Å². The minimum atomic E-state index is 0.898. The van der Waals surface area contributed by atoms with E-state index in [0.29, 0.717) is 0 Å². The van der Waals surface area contributed by atoms with Gasteiger partial charge < -0.3 is 9.97 Å². The Kier molecular flexibility index (Phi) is 7.41. The summed E-state index contributed by atoms with van der Waals surface area (Å²) in [5.41, 5.74) is 5.81. The van der Waals surface area contributed by atoms with E-state index in [1.807, 2.05) is 6.21 Å². The number of rotatable bonds is 10. The maximum absolute atomic E-state index is 4.53. The van der Waals surface area contributed by atoms with Gasteiger partial charge in [0.15, 0.2) is 6.21 Å². The first kappa shape index (κ1) is 23.8. The normalized spacial score (nSPS) is 12.3. The average Bonchev–Trinajstić information content (AvgIpc) is 3.53. The van der Waals surface area contributed by atoms with Crippen LogP contribution in [-0.4, -0.2) is 47.1 Å². The Morgan fingerprint density at radius 2 is 1.50 bits per heavy atom. The van der Waals surface area contributed by atoms with Crippen molar-refractivity contribution in [3.8, 4) is 11.3 Å². The lowest BCUT2D eigenvalue weighted by atomic mass is 9.96. The quantitative estimate of drug-likeness (QED) is 0.0917. The van der Waals surface area contributed by atoms with Gasteiger partial charge >= 0.3 is 0 Å². The van der Waals surface area contributed by atoms with Crippen molar-refractivity contribution in [2.24, 2.45) is 4.99 Å². The Labute approximate surface area is 213 Å². The SMILES string of the molecule is Cc1ccc(C=NCCCCCC[N+](C)=Cc2ccc(-c3cc4ccccc4c4ccccc34)[nH]2)[nH]1. The fourth-order valence-electron chi connectivity index (χ4n) is 4.91. The van der Waals surface area contributed by atoms with E-state index in [2.05, 4.69) is 119 Å². The van der Waals surface area contributed by atoms with E-state index in [0.717, 1.165) is 36.6 Å². The molecule has 0 aliphatic rings. The highest BCUT2D eigenvalue weighted by molar-refractivity contribution is 6.13. The predicted molar refractivity (Wildman–Crippen MR) is 154 cm³/mol. The molecule has 4 nitrogen and oxygen atoms in total. The zero-order valence-corrected chi connectivity index (χ0v) is 21.3. The number of nitrogens with one attached hydrogen (secondary N) is 2. The van der Waals surface area contributed by atoms with Crippen LogP contribution in [0.4, 0.5) is 0 Å². The zero-order chi connectivity index (χ0) is 24.7. The molecule has 2 heterocycles. The first-order chi connectivity index (χ1) is 17.7. The molecule has 0 bridgehead atoms. The van der Waals surface area contributed by atoms with Gasteiger partial charge in [-0.1, -0.05) is 55.0 Å². The zero-order valence-electron chi connectivity index (χ0n) is 21.3. The van der Waals surface area contributed by atoms with Crippen LogP contribution in [0.3, 0.4) is 0 Å². The van der Waals surface area contributed by atoms with Gasteiger partial charge in [0.1, 0.15) is 19.3 Å². The molecule has 0 fully saturated rings. The lowest BCUT2D eigenvalue weighted by Crippen LogP contribution is -2.09. The predicted octanol–water partition coefficient (Wildman–Crippen LogP) is 7.37. The van der Waals surface area contributed by atoms with E-state index in [1.54, 1.807) is 0 Å². The summed E-state index contributed by atoms with van der Waals surface area (Å²) < 4.78 is 2.29. The molecule has 0 amide bonds. The third-order valence-electron chi connectivity index (χ3n) is 6.76. The van der Waals surface area contributed by atoms with Crippen LogP contribution in [0.1, 0.15) is 42.8 Å². The molecule has 182 valence electrons. The van der Waals surface area contributed by atoms with Crippen LogP contribution in [0.5, 0.6) is 0 Å². The molecule has 0 atom stereocenters. The number of hydrogen-bond donors (Lipinski definition) is 2. The van der Waals surface area contributed by atoms with Gasteiger partial charge in [0.05, 0.1) is 5.69 Å². The maximum Gasteiger partial charge on any atom is 0.186 e. The summed E-state index contributed by atoms with van der Waals surface area (Å²) in [6.07, 6.45) is 8.94.